The van der Waals surface area contributed by atoms with Crippen molar-refractivity contribution >= 4 is 17.6 Å². The third-order valence-electron chi connectivity index (χ3n) is 3.16. The summed E-state index contributed by atoms with van der Waals surface area (Å²) in [6, 6.07) is 10.3. The van der Waals surface area contributed by atoms with Crippen LogP contribution in [-0.4, -0.2) is 30.6 Å². The molecule has 0 spiro atoms. The Labute approximate surface area is 118 Å². The fourth-order valence-electron chi connectivity index (χ4n) is 2.22. The summed E-state index contributed by atoms with van der Waals surface area (Å²) in [4.78, 5) is 13.8. The summed E-state index contributed by atoms with van der Waals surface area (Å²) in [5, 5.41) is 0.261. The van der Waals surface area contributed by atoms with Crippen LogP contribution in [0.4, 0.5) is 0 Å². The average molecular weight is 280 g/mol. The molecule has 0 amide bonds. The molecule has 1 fully saturated rings. The molecule has 0 unspecified atom stereocenters. The molecule has 0 radical (unpaired) electrons. The van der Waals surface area contributed by atoms with E-state index in [1.165, 1.54) is 5.56 Å². The first-order chi connectivity index (χ1) is 9.20. The predicted molar refractivity (Wildman–Crippen MR) is 75.8 cm³/mol. The van der Waals surface area contributed by atoms with Gasteiger partial charge in [0.25, 0.3) is 0 Å². The fraction of sp³-hybridized carbons (Fsp3) is 0.400. The molecule has 1 aliphatic rings. The van der Waals surface area contributed by atoms with Gasteiger partial charge in [0.05, 0.1) is 6.61 Å². The molecule has 0 aliphatic carbocycles. The quantitative estimate of drug-likeness (QED) is 0.627. The van der Waals surface area contributed by atoms with Crippen LogP contribution < -0.4 is 0 Å². The lowest BCUT2D eigenvalue weighted by Gasteiger charge is -2.14. The highest BCUT2D eigenvalue weighted by atomic mass is 35.5. The van der Waals surface area contributed by atoms with Crippen LogP contribution in [0.15, 0.2) is 40.9 Å². The molecule has 1 heterocycles. The fourth-order valence-corrected chi connectivity index (χ4v) is 2.42. The summed E-state index contributed by atoms with van der Waals surface area (Å²) in [6.07, 6.45) is 0.838. The van der Waals surface area contributed by atoms with E-state index in [-0.39, 0.29) is 5.03 Å². The van der Waals surface area contributed by atoms with E-state index in [2.05, 4.69) is 17.0 Å². The molecular weight excluding hydrogens is 262 g/mol. The number of esters is 1. The second-order valence-electron chi connectivity index (χ2n) is 4.58. The first-order valence-corrected chi connectivity index (χ1v) is 6.89. The van der Waals surface area contributed by atoms with Gasteiger partial charge in [-0.2, -0.15) is 0 Å². The molecular formula is C15H18ClNO2. The van der Waals surface area contributed by atoms with Crippen LogP contribution in [0.1, 0.15) is 18.9 Å². The van der Waals surface area contributed by atoms with E-state index in [4.69, 9.17) is 16.3 Å². The van der Waals surface area contributed by atoms with Gasteiger partial charge < -0.3 is 4.74 Å². The van der Waals surface area contributed by atoms with Gasteiger partial charge in [-0.3, -0.25) is 4.90 Å². The molecule has 1 aromatic carbocycles. The van der Waals surface area contributed by atoms with Gasteiger partial charge in [0.2, 0.25) is 0 Å². The minimum atomic E-state index is -0.402. The summed E-state index contributed by atoms with van der Waals surface area (Å²) in [7, 11) is 0. The van der Waals surface area contributed by atoms with Gasteiger partial charge in [-0.1, -0.05) is 41.9 Å². The average Bonchev–Trinajstić information content (AvgIpc) is 2.88. The lowest BCUT2D eigenvalue weighted by atomic mass is 10.2. The topological polar surface area (TPSA) is 29.5 Å². The Morgan fingerprint density at radius 3 is 2.79 bits per heavy atom. The first-order valence-electron chi connectivity index (χ1n) is 6.51. The molecule has 0 bridgehead atoms. The molecule has 102 valence electrons. The molecule has 0 saturated carbocycles. The van der Waals surface area contributed by atoms with Crippen LogP contribution in [0.3, 0.4) is 0 Å². The summed E-state index contributed by atoms with van der Waals surface area (Å²) in [6.45, 7) is 4.70. The predicted octanol–water partition coefficient (Wildman–Crippen LogP) is 2.95. The van der Waals surface area contributed by atoms with E-state index >= 15 is 0 Å². The molecule has 0 aromatic heterocycles. The van der Waals surface area contributed by atoms with Crippen molar-refractivity contribution in [3.8, 4) is 0 Å². The maximum absolute atomic E-state index is 11.6. The maximum atomic E-state index is 11.6. The number of rotatable bonds is 4. The van der Waals surface area contributed by atoms with Crippen molar-refractivity contribution in [2.24, 2.45) is 0 Å². The Bertz CT molecular complexity index is 470. The number of benzene rings is 1. The Morgan fingerprint density at radius 1 is 1.37 bits per heavy atom. The van der Waals surface area contributed by atoms with Gasteiger partial charge in [-0.15, -0.1) is 0 Å². The zero-order valence-electron chi connectivity index (χ0n) is 11.1. The van der Waals surface area contributed by atoms with Gasteiger partial charge in [-0.05, 0) is 24.5 Å². The first kappa shape index (κ1) is 14.1. The van der Waals surface area contributed by atoms with E-state index in [1.807, 2.05) is 18.2 Å². The van der Waals surface area contributed by atoms with Crippen molar-refractivity contribution in [1.82, 2.24) is 4.90 Å². The molecule has 19 heavy (non-hydrogen) atoms. The summed E-state index contributed by atoms with van der Waals surface area (Å²) < 4.78 is 4.92. The lowest BCUT2D eigenvalue weighted by molar-refractivity contribution is -0.137. The number of hydrogen-bond donors (Lipinski definition) is 0. The Morgan fingerprint density at radius 2 is 2.11 bits per heavy atom. The highest BCUT2D eigenvalue weighted by molar-refractivity contribution is 6.41. The van der Waals surface area contributed by atoms with Crippen molar-refractivity contribution in [2.45, 2.75) is 19.9 Å². The van der Waals surface area contributed by atoms with Crippen LogP contribution in [0, 0.1) is 0 Å². The van der Waals surface area contributed by atoms with Crippen LogP contribution >= 0.6 is 11.6 Å². The maximum Gasteiger partial charge on any atom is 0.349 e. The molecule has 1 saturated heterocycles. The number of nitrogens with zero attached hydrogens (tertiary/aromatic N) is 1. The highest BCUT2D eigenvalue weighted by Crippen LogP contribution is 2.23. The number of carbonyl (C=O) groups is 1. The SMILES string of the molecule is CCOC(=O)/C(Cl)=C1/CCN(Cc2ccccc2)C1. The molecule has 4 heteroatoms. The molecule has 2 rings (SSSR count). The number of ether oxygens (including phenoxy) is 1. The van der Waals surface area contributed by atoms with Crippen molar-refractivity contribution in [3.63, 3.8) is 0 Å². The van der Waals surface area contributed by atoms with Crippen LogP contribution in [0.2, 0.25) is 0 Å². The van der Waals surface area contributed by atoms with Crippen molar-refractivity contribution in [3.05, 3.63) is 46.5 Å². The largest absolute Gasteiger partial charge is 0.462 e. The molecule has 3 nitrogen and oxygen atoms in total. The monoisotopic (exact) mass is 279 g/mol. The summed E-state index contributed by atoms with van der Waals surface area (Å²) in [5.74, 6) is -0.402. The van der Waals surface area contributed by atoms with Gasteiger partial charge in [-0.25, -0.2) is 4.79 Å². The van der Waals surface area contributed by atoms with Gasteiger partial charge in [0.1, 0.15) is 5.03 Å². The third kappa shape index (κ3) is 3.82. The minimum absolute atomic E-state index is 0.261. The number of hydrogen-bond acceptors (Lipinski definition) is 3. The zero-order chi connectivity index (χ0) is 13.7. The standard InChI is InChI=1S/C15H18ClNO2/c1-2-19-15(18)14(16)13-8-9-17(11-13)10-12-6-4-3-5-7-12/h3-7H,2,8-11H2,1H3/b14-13+. The Hall–Kier alpha value is -1.32. The highest BCUT2D eigenvalue weighted by Gasteiger charge is 2.22. The second kappa shape index (κ2) is 6.73. The molecule has 0 N–H and O–H groups in total. The van der Waals surface area contributed by atoms with Gasteiger partial charge >= 0.3 is 5.97 Å². The minimum Gasteiger partial charge on any atom is -0.462 e. The molecule has 1 aromatic rings. The number of likely N-dealkylation sites (tertiary alicyclic amines) is 1. The van der Waals surface area contributed by atoms with Crippen LogP contribution in [0.25, 0.3) is 0 Å². The van der Waals surface area contributed by atoms with E-state index < -0.39 is 5.97 Å². The van der Waals surface area contributed by atoms with E-state index in [0.29, 0.717) is 6.61 Å². The number of carbonyl (C=O) groups excluding carboxylic acids is 1. The van der Waals surface area contributed by atoms with Crippen molar-refractivity contribution in [2.75, 3.05) is 19.7 Å². The third-order valence-corrected chi connectivity index (χ3v) is 3.58. The summed E-state index contributed by atoms with van der Waals surface area (Å²) in [5.41, 5.74) is 2.26. The van der Waals surface area contributed by atoms with Crippen molar-refractivity contribution < 1.29 is 9.53 Å². The van der Waals surface area contributed by atoms with E-state index in [0.717, 1.165) is 31.6 Å². The van der Waals surface area contributed by atoms with Crippen LogP contribution in [0.5, 0.6) is 0 Å². The van der Waals surface area contributed by atoms with E-state index in [9.17, 15) is 4.79 Å². The number of halogens is 1. The van der Waals surface area contributed by atoms with Crippen molar-refractivity contribution in [1.29, 1.82) is 0 Å². The Kier molecular flexibility index (Phi) is 5.00. The lowest BCUT2D eigenvalue weighted by Crippen LogP contribution is -2.19. The zero-order valence-corrected chi connectivity index (χ0v) is 11.8. The summed E-state index contributed by atoms with van der Waals surface area (Å²) >= 11 is 6.06. The van der Waals surface area contributed by atoms with Gasteiger partial charge in [0.15, 0.2) is 0 Å². The van der Waals surface area contributed by atoms with E-state index in [1.54, 1.807) is 6.92 Å². The second-order valence-corrected chi connectivity index (χ2v) is 4.96. The smallest absolute Gasteiger partial charge is 0.349 e. The molecule has 1 aliphatic heterocycles. The normalized spacial score (nSPS) is 18.4. The molecule has 0 atom stereocenters. The van der Waals surface area contributed by atoms with Crippen LogP contribution in [-0.2, 0) is 16.1 Å². The van der Waals surface area contributed by atoms with Gasteiger partial charge in [0, 0.05) is 19.6 Å². The Balaban J connectivity index is 1.96.